The van der Waals surface area contributed by atoms with Gasteiger partial charge in [0.15, 0.2) is 5.72 Å². The number of amides is 8. The van der Waals surface area contributed by atoms with E-state index in [1.165, 1.54) is 20.8 Å². The van der Waals surface area contributed by atoms with Gasteiger partial charge in [-0.05, 0) is 79.3 Å². The summed E-state index contributed by atoms with van der Waals surface area (Å²) in [4.78, 5) is 129. The smallest absolute Gasteiger partial charge is 0.257 e. The van der Waals surface area contributed by atoms with E-state index in [1.807, 2.05) is 105 Å². The summed E-state index contributed by atoms with van der Waals surface area (Å²) in [6, 6.07) is 34.0. The number of carbonyl (C=O) groups excluding carboxylic acids is 8. The lowest BCUT2D eigenvalue weighted by Crippen LogP contribution is -2.62. The van der Waals surface area contributed by atoms with Gasteiger partial charge in [-0.15, -0.1) is 0 Å². The van der Waals surface area contributed by atoms with Crippen molar-refractivity contribution in [1.82, 2.24) is 45.9 Å². The van der Waals surface area contributed by atoms with E-state index >= 15 is 19.2 Å². The third kappa shape index (κ3) is 12.9. The number of H-pyrrole nitrogens is 1. The Bertz CT molecular complexity index is 3380. The van der Waals surface area contributed by atoms with Crippen molar-refractivity contribution in [1.29, 1.82) is 0 Å². The second kappa shape index (κ2) is 25.9. The Morgan fingerprint density at radius 2 is 1.15 bits per heavy atom. The highest BCUT2D eigenvalue weighted by atomic mass is 16.5. The standard InChI is InChI=1S/C65H73N9O10/c1-41(2)33-51-58(76)68-53(35-46-36-66-50-28-16-14-25-47(46)50)63(81)72-31-17-29-54(72)59(77)69-52(34-43-19-7-4-8-20-43)62(80)73-32-18-30-55(73)60(78)70-57(42(3)84-39-45-23-11-6-12-24-45)64(82)71(37-44-21-9-5-10-22-44)40-65(83)49-27-15-13-26-48(49)61(79)74(65)38-56(75)67-51/h4-16,19-28,36,41-42,51-55,57,66,83H,17-18,29-35,37-40H2,1-3H3,(H,67,75)(H,68,76)(H,69,77)(H,70,78)/t42-,51+,52+,53+,54+,55+,57+,65-/m1/s1. The molecule has 0 saturated carbocycles. The largest absolute Gasteiger partial charge is 0.371 e. The Morgan fingerprint density at radius 3 is 1.81 bits per heavy atom. The van der Waals surface area contributed by atoms with Crippen LogP contribution in [0.15, 0.2) is 146 Å². The highest BCUT2D eigenvalue weighted by Gasteiger charge is 2.52. The SMILES string of the molecule is CC(C)C[C@@H]1NC(=O)CN2C(=O)c3ccccc3[C@]2(O)CN(Cc2ccccc2)C(=O)[C@H]([C@@H](C)OCc2ccccc2)NC(=O)[C@@H]2CCCN2C(=O)[C@H](Cc2ccccc2)NC(=O)[C@@H]2CCCN2C(=O)[C@H](Cc2c[nH]c3ccccc23)NC1=O. The van der Waals surface area contributed by atoms with Crippen LogP contribution in [0.25, 0.3) is 10.9 Å². The third-order valence-electron chi connectivity index (χ3n) is 16.6. The van der Waals surface area contributed by atoms with E-state index in [-0.39, 0.29) is 75.4 Å². The van der Waals surface area contributed by atoms with Crippen LogP contribution in [0.2, 0.25) is 0 Å². The number of benzene rings is 5. The number of para-hydroxylation sites is 1. The van der Waals surface area contributed by atoms with Gasteiger partial charge in [-0.2, -0.15) is 0 Å². The number of β-amino-alcohol motifs (C(OH)–C–C–N with tert-alkyl or cyclic N) is 1. The molecule has 5 aromatic carbocycles. The zero-order valence-electron chi connectivity index (χ0n) is 47.6. The van der Waals surface area contributed by atoms with Crippen molar-refractivity contribution in [3.8, 4) is 0 Å². The summed E-state index contributed by atoms with van der Waals surface area (Å²) in [6.45, 7) is 4.25. The second-order valence-electron chi connectivity index (χ2n) is 22.9. The number of aromatic nitrogens is 1. The first kappa shape index (κ1) is 58.5. The van der Waals surface area contributed by atoms with Gasteiger partial charge in [0.25, 0.3) is 5.91 Å². The minimum absolute atomic E-state index is 0.000139. The maximum atomic E-state index is 15.8. The molecular weight excluding hydrogens is 1070 g/mol. The summed E-state index contributed by atoms with van der Waals surface area (Å²) in [5, 5.41) is 25.9. The van der Waals surface area contributed by atoms with Gasteiger partial charge in [-0.25, -0.2) is 0 Å². The van der Waals surface area contributed by atoms with Crippen LogP contribution < -0.4 is 21.3 Å². The van der Waals surface area contributed by atoms with Gasteiger partial charge in [0.05, 0.1) is 19.3 Å². The molecule has 84 heavy (non-hydrogen) atoms. The lowest BCUT2D eigenvalue weighted by atomic mass is 9.99. The first-order valence-electron chi connectivity index (χ1n) is 29.1. The second-order valence-corrected chi connectivity index (χ2v) is 22.9. The molecule has 0 spiro atoms. The molecule has 1 aromatic heterocycles. The first-order valence-corrected chi connectivity index (χ1v) is 29.1. The fraction of sp³-hybridized carbons (Fsp3) is 0.385. The predicted octanol–water partition coefficient (Wildman–Crippen LogP) is 4.87. The van der Waals surface area contributed by atoms with E-state index in [9.17, 15) is 24.3 Å². The van der Waals surface area contributed by atoms with Crippen molar-refractivity contribution in [3.63, 3.8) is 0 Å². The summed E-state index contributed by atoms with van der Waals surface area (Å²) < 4.78 is 6.42. The number of carbonyl (C=O) groups is 8. The van der Waals surface area contributed by atoms with Crippen molar-refractivity contribution in [2.45, 2.75) is 127 Å². The van der Waals surface area contributed by atoms with E-state index < -0.39 is 108 Å². The molecule has 5 heterocycles. The number of nitrogens with zero attached hydrogens (tertiary/aromatic N) is 4. The average molecular weight is 1140 g/mol. The number of aromatic amines is 1. The van der Waals surface area contributed by atoms with Crippen LogP contribution in [-0.4, -0.2) is 145 Å². The van der Waals surface area contributed by atoms with Gasteiger partial charge in [0.2, 0.25) is 41.4 Å². The number of ether oxygens (including phenoxy) is 1. The lowest BCUT2D eigenvalue weighted by Gasteiger charge is -2.40. The number of nitrogens with one attached hydrogen (secondary N) is 5. The van der Waals surface area contributed by atoms with Crippen LogP contribution in [0.5, 0.6) is 0 Å². The molecule has 19 nitrogen and oxygen atoms in total. The summed E-state index contributed by atoms with van der Waals surface area (Å²) in [7, 11) is 0. The Morgan fingerprint density at radius 1 is 0.595 bits per heavy atom. The number of hydrogen-bond donors (Lipinski definition) is 6. The predicted molar refractivity (Wildman–Crippen MR) is 313 cm³/mol. The van der Waals surface area contributed by atoms with Gasteiger partial charge in [-0.3, -0.25) is 43.3 Å². The number of hydrogen-bond acceptors (Lipinski definition) is 10. The quantitative estimate of drug-likeness (QED) is 0.0972. The Hall–Kier alpha value is -8.68. The number of rotatable bonds is 12. The molecule has 6 N–H and O–H groups in total. The van der Waals surface area contributed by atoms with Crippen molar-refractivity contribution < 1.29 is 48.2 Å². The molecule has 4 aliphatic heterocycles. The number of fused-ring (bicyclic) bond motifs is 6. The van der Waals surface area contributed by atoms with Crippen LogP contribution in [0.4, 0.5) is 0 Å². The van der Waals surface area contributed by atoms with Crippen LogP contribution in [-0.2, 0) is 70.0 Å². The fourth-order valence-electron chi connectivity index (χ4n) is 12.3. The normalized spacial score (nSPS) is 24.4. The van der Waals surface area contributed by atoms with E-state index in [1.54, 1.807) is 55.6 Å². The third-order valence-corrected chi connectivity index (χ3v) is 16.6. The van der Waals surface area contributed by atoms with E-state index in [0.717, 1.165) is 26.9 Å². The Labute approximate surface area is 488 Å². The highest BCUT2D eigenvalue weighted by Crippen LogP contribution is 2.39. The van der Waals surface area contributed by atoms with Crippen LogP contribution in [0.3, 0.4) is 0 Å². The zero-order chi connectivity index (χ0) is 59.1. The average Bonchev–Trinajstić information content (AvgIpc) is 2.21. The van der Waals surface area contributed by atoms with Gasteiger partial charge < -0.3 is 50.8 Å². The zero-order valence-corrected chi connectivity index (χ0v) is 47.6. The first-order chi connectivity index (χ1) is 40.6. The molecule has 3 fully saturated rings. The molecule has 3 saturated heterocycles. The van der Waals surface area contributed by atoms with Gasteiger partial charge in [0.1, 0.15) is 42.8 Å². The molecular formula is C65H73N9O10. The van der Waals surface area contributed by atoms with Gasteiger partial charge >= 0.3 is 0 Å². The van der Waals surface area contributed by atoms with Crippen LogP contribution in [0.1, 0.15) is 91.1 Å². The molecule has 4 aliphatic rings. The molecule has 0 radical (unpaired) electrons. The van der Waals surface area contributed by atoms with E-state index in [4.69, 9.17) is 4.74 Å². The van der Waals surface area contributed by atoms with Crippen molar-refractivity contribution in [3.05, 3.63) is 179 Å². The molecule has 0 bridgehead atoms. The van der Waals surface area contributed by atoms with E-state index in [0.29, 0.717) is 24.0 Å². The van der Waals surface area contributed by atoms with Crippen molar-refractivity contribution in [2.75, 3.05) is 26.2 Å². The van der Waals surface area contributed by atoms with Crippen LogP contribution >= 0.6 is 0 Å². The van der Waals surface area contributed by atoms with Gasteiger partial charge in [0, 0.05) is 60.7 Å². The minimum atomic E-state index is -2.36. The van der Waals surface area contributed by atoms with Gasteiger partial charge in [-0.1, -0.05) is 141 Å². The maximum Gasteiger partial charge on any atom is 0.257 e. The molecule has 8 amide bonds. The summed E-state index contributed by atoms with van der Waals surface area (Å²) in [5.74, 6) is -5.41. The fourth-order valence-corrected chi connectivity index (χ4v) is 12.3. The molecule has 0 aliphatic carbocycles. The Kier molecular flexibility index (Phi) is 18.0. The monoisotopic (exact) mass is 1140 g/mol. The molecule has 10 rings (SSSR count). The molecule has 0 unspecified atom stereocenters. The lowest BCUT2D eigenvalue weighted by molar-refractivity contribution is -0.154. The topological polar surface area (TPSA) is 243 Å². The molecule has 6 aromatic rings. The molecule has 438 valence electrons. The number of aliphatic hydroxyl groups is 1. The molecule has 19 heteroatoms. The Balaban J connectivity index is 1.07. The van der Waals surface area contributed by atoms with Crippen LogP contribution in [0, 0.1) is 5.92 Å². The van der Waals surface area contributed by atoms with Crippen molar-refractivity contribution >= 4 is 58.2 Å². The molecule has 8 atom stereocenters. The minimum Gasteiger partial charge on any atom is -0.371 e. The summed E-state index contributed by atoms with van der Waals surface area (Å²) >= 11 is 0. The summed E-state index contributed by atoms with van der Waals surface area (Å²) in [6.07, 6.45) is 2.22. The van der Waals surface area contributed by atoms with E-state index in [2.05, 4.69) is 26.3 Å². The van der Waals surface area contributed by atoms with Crippen molar-refractivity contribution in [2.24, 2.45) is 5.92 Å². The highest BCUT2D eigenvalue weighted by molar-refractivity contribution is 6.03. The maximum absolute atomic E-state index is 15.8. The summed E-state index contributed by atoms with van der Waals surface area (Å²) in [5.41, 5.74) is 1.52.